The second-order valence-electron chi connectivity index (χ2n) is 4.67. The summed E-state index contributed by atoms with van der Waals surface area (Å²) in [6, 6.07) is 7.69. The molecule has 0 aliphatic rings. The third-order valence-corrected chi connectivity index (χ3v) is 3.16. The Labute approximate surface area is 104 Å². The molecule has 3 nitrogen and oxygen atoms in total. The molecule has 0 bridgehead atoms. The zero-order chi connectivity index (χ0) is 12.9. The molecule has 1 atom stereocenters. The molecule has 0 radical (unpaired) electrons. The molecule has 0 amide bonds. The minimum atomic E-state index is -0.765. The number of hydrogen-bond acceptors (Lipinski definition) is 3. The fraction of sp³-hybridized carbons (Fsp3) is 0.571. The number of aliphatic hydroxyl groups is 1. The van der Waals surface area contributed by atoms with E-state index in [2.05, 4.69) is 4.90 Å². The molecule has 0 aromatic heterocycles. The van der Waals surface area contributed by atoms with Gasteiger partial charge >= 0.3 is 0 Å². The fourth-order valence-electron chi connectivity index (χ4n) is 1.85. The van der Waals surface area contributed by atoms with Crippen molar-refractivity contribution in [3.05, 3.63) is 29.8 Å². The normalized spacial score (nSPS) is 14.7. The average Bonchev–Trinajstić information content (AvgIpc) is 2.36. The van der Waals surface area contributed by atoms with Crippen LogP contribution in [-0.4, -0.2) is 37.8 Å². The van der Waals surface area contributed by atoms with Gasteiger partial charge in [0.25, 0.3) is 0 Å². The molecule has 1 aromatic carbocycles. The average molecular weight is 237 g/mol. The van der Waals surface area contributed by atoms with Crippen LogP contribution in [0.1, 0.15) is 25.3 Å². The molecule has 1 N–H and O–H groups in total. The Morgan fingerprint density at radius 3 is 2.59 bits per heavy atom. The zero-order valence-electron chi connectivity index (χ0n) is 11.2. The minimum absolute atomic E-state index is 0.702. The predicted molar refractivity (Wildman–Crippen MR) is 70.4 cm³/mol. The van der Waals surface area contributed by atoms with Crippen LogP contribution in [0, 0.1) is 0 Å². The summed E-state index contributed by atoms with van der Waals surface area (Å²) in [5.74, 6) is 0.791. The van der Waals surface area contributed by atoms with Crippen molar-refractivity contribution in [2.24, 2.45) is 0 Å². The molecule has 0 fully saturated rings. The largest absolute Gasteiger partial charge is 0.497 e. The van der Waals surface area contributed by atoms with E-state index in [1.807, 2.05) is 45.3 Å². The summed E-state index contributed by atoms with van der Waals surface area (Å²) in [5.41, 5.74) is 0.167. The maximum Gasteiger partial charge on any atom is 0.119 e. The Hall–Kier alpha value is -1.06. The van der Waals surface area contributed by atoms with Crippen molar-refractivity contribution in [2.45, 2.75) is 25.4 Å². The standard InChI is InChI=1S/C14H23NO2/c1-5-14(16,9-10-15(2)3)12-7-6-8-13(11-12)17-4/h6-8,11,16H,5,9-10H2,1-4H3. The lowest BCUT2D eigenvalue weighted by Crippen LogP contribution is -2.29. The lowest BCUT2D eigenvalue weighted by molar-refractivity contribution is 0.0169. The first-order valence-corrected chi connectivity index (χ1v) is 6.03. The molecule has 0 saturated carbocycles. The summed E-state index contributed by atoms with van der Waals surface area (Å²) in [5, 5.41) is 10.7. The van der Waals surface area contributed by atoms with Gasteiger partial charge in [0.05, 0.1) is 12.7 Å². The van der Waals surface area contributed by atoms with Gasteiger partial charge in [-0.2, -0.15) is 0 Å². The van der Waals surface area contributed by atoms with Crippen molar-refractivity contribution >= 4 is 0 Å². The Bertz CT molecular complexity index is 352. The van der Waals surface area contributed by atoms with Gasteiger partial charge in [0, 0.05) is 6.54 Å². The first-order chi connectivity index (χ1) is 8.01. The van der Waals surface area contributed by atoms with E-state index in [9.17, 15) is 5.11 Å². The monoisotopic (exact) mass is 237 g/mol. The predicted octanol–water partition coefficient (Wildman–Crippen LogP) is 2.24. The fourth-order valence-corrected chi connectivity index (χ4v) is 1.85. The van der Waals surface area contributed by atoms with Gasteiger partial charge in [-0.05, 0) is 44.6 Å². The molecule has 0 spiro atoms. The van der Waals surface area contributed by atoms with Crippen LogP contribution in [0.4, 0.5) is 0 Å². The molecule has 96 valence electrons. The number of rotatable bonds is 6. The van der Waals surface area contributed by atoms with Gasteiger partial charge in [-0.25, -0.2) is 0 Å². The first kappa shape index (κ1) is 14.0. The van der Waals surface area contributed by atoms with Gasteiger partial charge in [0.15, 0.2) is 0 Å². The van der Waals surface area contributed by atoms with Crippen LogP contribution >= 0.6 is 0 Å². The van der Waals surface area contributed by atoms with E-state index in [4.69, 9.17) is 4.74 Å². The molecule has 1 rings (SSSR count). The molecule has 3 heteroatoms. The smallest absolute Gasteiger partial charge is 0.119 e. The van der Waals surface area contributed by atoms with Gasteiger partial charge in [-0.3, -0.25) is 0 Å². The summed E-state index contributed by atoms with van der Waals surface area (Å²) in [7, 11) is 5.67. The van der Waals surface area contributed by atoms with Crippen LogP contribution in [0.2, 0.25) is 0 Å². The van der Waals surface area contributed by atoms with Gasteiger partial charge in [0.2, 0.25) is 0 Å². The van der Waals surface area contributed by atoms with Crippen LogP contribution in [0.25, 0.3) is 0 Å². The number of benzene rings is 1. The zero-order valence-corrected chi connectivity index (χ0v) is 11.2. The highest BCUT2D eigenvalue weighted by Crippen LogP contribution is 2.30. The summed E-state index contributed by atoms with van der Waals surface area (Å²) in [6.45, 7) is 2.87. The van der Waals surface area contributed by atoms with E-state index in [-0.39, 0.29) is 0 Å². The molecule has 0 aliphatic carbocycles. The van der Waals surface area contributed by atoms with Gasteiger partial charge in [0.1, 0.15) is 5.75 Å². The quantitative estimate of drug-likeness (QED) is 0.823. The number of methoxy groups -OCH3 is 1. The van der Waals surface area contributed by atoms with Crippen LogP contribution in [-0.2, 0) is 5.60 Å². The summed E-state index contributed by atoms with van der Waals surface area (Å²) >= 11 is 0. The molecule has 0 aliphatic heterocycles. The SMILES string of the molecule is CCC(O)(CCN(C)C)c1cccc(OC)c1. The van der Waals surface area contributed by atoms with E-state index < -0.39 is 5.60 Å². The van der Waals surface area contributed by atoms with Crippen LogP contribution in [0.15, 0.2) is 24.3 Å². The summed E-state index contributed by atoms with van der Waals surface area (Å²) in [6.07, 6.45) is 1.43. The van der Waals surface area contributed by atoms with E-state index >= 15 is 0 Å². The van der Waals surface area contributed by atoms with Crippen molar-refractivity contribution < 1.29 is 9.84 Å². The van der Waals surface area contributed by atoms with Gasteiger partial charge in [-0.15, -0.1) is 0 Å². The minimum Gasteiger partial charge on any atom is -0.497 e. The van der Waals surface area contributed by atoms with Crippen LogP contribution in [0.5, 0.6) is 5.75 Å². The molecule has 0 heterocycles. The highest BCUT2D eigenvalue weighted by atomic mass is 16.5. The van der Waals surface area contributed by atoms with Crippen molar-refractivity contribution in [1.82, 2.24) is 4.90 Å². The Balaban J connectivity index is 2.90. The molecular formula is C14H23NO2. The first-order valence-electron chi connectivity index (χ1n) is 6.03. The highest BCUT2D eigenvalue weighted by molar-refractivity contribution is 5.32. The Kier molecular flexibility index (Phi) is 4.97. The molecule has 1 aromatic rings. The van der Waals surface area contributed by atoms with E-state index in [0.717, 1.165) is 24.3 Å². The number of nitrogens with zero attached hydrogens (tertiary/aromatic N) is 1. The Morgan fingerprint density at radius 2 is 2.06 bits per heavy atom. The maximum atomic E-state index is 10.7. The molecule has 1 unspecified atom stereocenters. The third-order valence-electron chi connectivity index (χ3n) is 3.16. The van der Waals surface area contributed by atoms with Crippen molar-refractivity contribution in [1.29, 1.82) is 0 Å². The van der Waals surface area contributed by atoms with Crippen molar-refractivity contribution in [3.63, 3.8) is 0 Å². The van der Waals surface area contributed by atoms with Crippen molar-refractivity contribution in [2.75, 3.05) is 27.7 Å². The van der Waals surface area contributed by atoms with E-state index in [1.165, 1.54) is 0 Å². The van der Waals surface area contributed by atoms with E-state index in [1.54, 1.807) is 7.11 Å². The van der Waals surface area contributed by atoms with Gasteiger partial charge < -0.3 is 14.7 Å². The third kappa shape index (κ3) is 3.72. The lowest BCUT2D eigenvalue weighted by Gasteiger charge is -2.29. The second kappa shape index (κ2) is 6.03. The summed E-state index contributed by atoms with van der Waals surface area (Å²) in [4.78, 5) is 2.08. The number of hydrogen-bond donors (Lipinski definition) is 1. The topological polar surface area (TPSA) is 32.7 Å². The van der Waals surface area contributed by atoms with Crippen LogP contribution in [0.3, 0.4) is 0 Å². The van der Waals surface area contributed by atoms with Crippen molar-refractivity contribution in [3.8, 4) is 5.75 Å². The van der Waals surface area contributed by atoms with Crippen LogP contribution < -0.4 is 4.74 Å². The van der Waals surface area contributed by atoms with Gasteiger partial charge in [-0.1, -0.05) is 19.1 Å². The second-order valence-corrected chi connectivity index (χ2v) is 4.67. The summed E-state index contributed by atoms with van der Waals surface area (Å²) < 4.78 is 5.20. The molecular weight excluding hydrogens is 214 g/mol. The molecule has 0 saturated heterocycles. The highest BCUT2D eigenvalue weighted by Gasteiger charge is 2.27. The molecule has 17 heavy (non-hydrogen) atoms. The maximum absolute atomic E-state index is 10.7. The Morgan fingerprint density at radius 1 is 1.35 bits per heavy atom. The number of ether oxygens (including phenoxy) is 1. The lowest BCUT2D eigenvalue weighted by atomic mass is 9.87. The van der Waals surface area contributed by atoms with E-state index in [0.29, 0.717) is 6.42 Å².